The number of nitrogens with two attached hydrogens (primary N) is 1. The van der Waals surface area contributed by atoms with Crippen molar-refractivity contribution in [1.29, 1.82) is 0 Å². The normalized spacial score (nSPS) is 12.4. The van der Waals surface area contributed by atoms with Gasteiger partial charge in [-0.1, -0.05) is 50.3 Å². The lowest BCUT2D eigenvalue weighted by Crippen LogP contribution is -2.28. The third-order valence-corrected chi connectivity index (χ3v) is 3.64. The number of hydrogen-bond donors (Lipinski definition) is 2. The maximum atomic E-state index is 6.11. The third-order valence-electron chi connectivity index (χ3n) is 3.23. The van der Waals surface area contributed by atoms with E-state index < -0.39 is 0 Å². The summed E-state index contributed by atoms with van der Waals surface area (Å²) in [6.07, 6.45) is 6.25. The van der Waals surface area contributed by atoms with Crippen LogP contribution < -0.4 is 11.1 Å². The topological polar surface area (TPSA) is 38.0 Å². The molecule has 0 aliphatic heterocycles. The fourth-order valence-corrected chi connectivity index (χ4v) is 2.17. The Balaban J connectivity index is 2.44. The van der Waals surface area contributed by atoms with E-state index in [1.807, 2.05) is 19.1 Å². The maximum absolute atomic E-state index is 6.11. The molecule has 0 heterocycles. The molecule has 0 aliphatic rings. The summed E-state index contributed by atoms with van der Waals surface area (Å²) in [5.41, 5.74) is 7.98. The van der Waals surface area contributed by atoms with E-state index in [9.17, 15) is 0 Å². The molecule has 2 nitrogen and oxygen atoms in total. The van der Waals surface area contributed by atoms with E-state index in [4.69, 9.17) is 17.3 Å². The van der Waals surface area contributed by atoms with Crippen LogP contribution in [0, 0.1) is 6.92 Å². The maximum Gasteiger partial charge on any atom is 0.0455 e. The van der Waals surface area contributed by atoms with E-state index in [2.05, 4.69) is 18.3 Å². The molecule has 1 aromatic rings. The predicted octanol–water partition coefficient (Wildman–Crippen LogP) is 4.36. The number of nitrogens with one attached hydrogen (secondary N) is 1. The standard InChI is InChI=1S/C15H25ClN2/c1-3-4-5-6-7-14(11-17)18-13-9-8-12(2)15(16)10-13/h8-10,14,18H,3-7,11,17H2,1-2H3. The fraction of sp³-hybridized carbons (Fsp3) is 0.600. The number of unbranched alkanes of at least 4 members (excludes halogenated alkanes) is 3. The highest BCUT2D eigenvalue weighted by Gasteiger charge is 2.07. The predicted molar refractivity (Wildman–Crippen MR) is 81.4 cm³/mol. The quantitative estimate of drug-likeness (QED) is 0.688. The summed E-state index contributed by atoms with van der Waals surface area (Å²) in [7, 11) is 0. The second kappa shape index (κ2) is 8.39. The van der Waals surface area contributed by atoms with Crippen LogP contribution in [0.1, 0.15) is 44.6 Å². The van der Waals surface area contributed by atoms with Crippen LogP contribution in [-0.2, 0) is 0 Å². The number of anilines is 1. The summed E-state index contributed by atoms with van der Waals surface area (Å²) in [5, 5.41) is 4.27. The zero-order valence-electron chi connectivity index (χ0n) is 11.5. The first kappa shape index (κ1) is 15.3. The third kappa shape index (κ3) is 5.28. The molecule has 1 atom stereocenters. The van der Waals surface area contributed by atoms with Gasteiger partial charge in [0.05, 0.1) is 0 Å². The van der Waals surface area contributed by atoms with Gasteiger partial charge in [-0.3, -0.25) is 0 Å². The highest BCUT2D eigenvalue weighted by Crippen LogP contribution is 2.21. The van der Waals surface area contributed by atoms with Crippen molar-refractivity contribution in [3.8, 4) is 0 Å². The van der Waals surface area contributed by atoms with E-state index in [0.29, 0.717) is 12.6 Å². The average molecular weight is 269 g/mol. The smallest absolute Gasteiger partial charge is 0.0455 e. The molecule has 1 rings (SSSR count). The lowest BCUT2D eigenvalue weighted by atomic mass is 10.1. The Morgan fingerprint density at radius 1 is 1.28 bits per heavy atom. The van der Waals surface area contributed by atoms with Crippen LogP contribution >= 0.6 is 11.6 Å². The molecule has 3 N–H and O–H groups in total. The summed E-state index contributed by atoms with van der Waals surface area (Å²) in [4.78, 5) is 0. The first-order valence-electron chi connectivity index (χ1n) is 6.90. The van der Waals surface area contributed by atoms with Gasteiger partial charge in [0.15, 0.2) is 0 Å². The van der Waals surface area contributed by atoms with Gasteiger partial charge in [0.2, 0.25) is 0 Å². The molecule has 1 unspecified atom stereocenters. The highest BCUT2D eigenvalue weighted by molar-refractivity contribution is 6.31. The van der Waals surface area contributed by atoms with Crippen molar-refractivity contribution in [1.82, 2.24) is 0 Å². The Morgan fingerprint density at radius 3 is 2.67 bits per heavy atom. The lowest BCUT2D eigenvalue weighted by Gasteiger charge is -2.18. The summed E-state index contributed by atoms with van der Waals surface area (Å²) >= 11 is 6.11. The molecule has 18 heavy (non-hydrogen) atoms. The minimum absolute atomic E-state index is 0.348. The van der Waals surface area contributed by atoms with Gasteiger partial charge in [-0.05, 0) is 31.0 Å². The van der Waals surface area contributed by atoms with Crippen LogP contribution in [0.5, 0.6) is 0 Å². The van der Waals surface area contributed by atoms with Gasteiger partial charge in [-0.25, -0.2) is 0 Å². The number of rotatable bonds is 8. The van der Waals surface area contributed by atoms with Crippen LogP contribution in [-0.4, -0.2) is 12.6 Å². The number of benzene rings is 1. The van der Waals surface area contributed by atoms with Crippen molar-refractivity contribution in [3.63, 3.8) is 0 Å². The Bertz CT molecular complexity index is 352. The molecule has 1 aromatic carbocycles. The van der Waals surface area contributed by atoms with Crippen molar-refractivity contribution in [2.75, 3.05) is 11.9 Å². The molecule has 0 saturated heterocycles. The summed E-state index contributed by atoms with van der Waals surface area (Å²) in [5.74, 6) is 0. The van der Waals surface area contributed by atoms with Crippen molar-refractivity contribution in [2.45, 2.75) is 52.0 Å². The Hall–Kier alpha value is -0.730. The molecule has 0 aromatic heterocycles. The van der Waals surface area contributed by atoms with E-state index in [1.54, 1.807) is 0 Å². The van der Waals surface area contributed by atoms with Gasteiger partial charge in [-0.2, -0.15) is 0 Å². The molecule has 3 heteroatoms. The SMILES string of the molecule is CCCCCCC(CN)Nc1ccc(C)c(Cl)c1. The summed E-state index contributed by atoms with van der Waals surface area (Å²) in [6, 6.07) is 6.43. The Labute approximate surface area is 116 Å². The van der Waals surface area contributed by atoms with E-state index in [-0.39, 0.29) is 0 Å². The Morgan fingerprint density at radius 2 is 2.06 bits per heavy atom. The van der Waals surface area contributed by atoms with Gasteiger partial charge < -0.3 is 11.1 Å². The van der Waals surface area contributed by atoms with Crippen LogP contribution in [0.2, 0.25) is 5.02 Å². The van der Waals surface area contributed by atoms with Crippen molar-refractivity contribution in [3.05, 3.63) is 28.8 Å². The molecule has 0 aliphatic carbocycles. The largest absolute Gasteiger partial charge is 0.381 e. The van der Waals surface area contributed by atoms with Gasteiger partial charge >= 0.3 is 0 Å². The molecule has 0 bridgehead atoms. The molecule has 0 saturated carbocycles. The van der Waals surface area contributed by atoms with E-state index in [1.165, 1.54) is 25.7 Å². The highest BCUT2D eigenvalue weighted by atomic mass is 35.5. The molecule has 0 fully saturated rings. The molecule has 0 spiro atoms. The number of hydrogen-bond acceptors (Lipinski definition) is 2. The van der Waals surface area contributed by atoms with Crippen LogP contribution in [0.4, 0.5) is 5.69 Å². The zero-order valence-corrected chi connectivity index (χ0v) is 12.3. The minimum Gasteiger partial charge on any atom is -0.381 e. The monoisotopic (exact) mass is 268 g/mol. The lowest BCUT2D eigenvalue weighted by molar-refractivity contribution is 0.575. The molecule has 0 radical (unpaired) electrons. The molecule has 0 amide bonds. The van der Waals surface area contributed by atoms with Crippen molar-refractivity contribution < 1.29 is 0 Å². The second-order valence-corrected chi connectivity index (χ2v) is 5.30. The van der Waals surface area contributed by atoms with E-state index >= 15 is 0 Å². The van der Waals surface area contributed by atoms with Crippen molar-refractivity contribution in [2.24, 2.45) is 5.73 Å². The van der Waals surface area contributed by atoms with Gasteiger partial charge in [0.1, 0.15) is 0 Å². The first-order chi connectivity index (χ1) is 8.67. The number of aryl methyl sites for hydroxylation is 1. The van der Waals surface area contributed by atoms with Gasteiger partial charge in [0.25, 0.3) is 0 Å². The molecular formula is C15H25ClN2. The fourth-order valence-electron chi connectivity index (χ4n) is 1.98. The molecular weight excluding hydrogens is 244 g/mol. The van der Waals surface area contributed by atoms with Gasteiger partial charge in [0, 0.05) is 23.3 Å². The zero-order chi connectivity index (χ0) is 13.4. The second-order valence-electron chi connectivity index (χ2n) is 4.89. The van der Waals surface area contributed by atoms with Crippen LogP contribution in [0.3, 0.4) is 0 Å². The summed E-state index contributed by atoms with van der Waals surface area (Å²) < 4.78 is 0. The van der Waals surface area contributed by atoms with Crippen LogP contribution in [0.25, 0.3) is 0 Å². The van der Waals surface area contributed by atoms with Crippen LogP contribution in [0.15, 0.2) is 18.2 Å². The van der Waals surface area contributed by atoms with Crippen molar-refractivity contribution >= 4 is 17.3 Å². The van der Waals surface area contributed by atoms with E-state index in [0.717, 1.165) is 22.7 Å². The summed E-state index contributed by atoms with van der Waals surface area (Å²) in [6.45, 7) is 4.90. The molecule has 102 valence electrons. The van der Waals surface area contributed by atoms with Gasteiger partial charge in [-0.15, -0.1) is 0 Å². The average Bonchev–Trinajstić information content (AvgIpc) is 2.37. The minimum atomic E-state index is 0.348. The number of halogens is 1. The Kier molecular flexibility index (Phi) is 7.14. The first-order valence-corrected chi connectivity index (χ1v) is 7.28.